The number of allylic oxidation sites excluding steroid dienone is 9. The maximum absolute atomic E-state index is 6.00. The van der Waals surface area contributed by atoms with Gasteiger partial charge in [-0.3, -0.25) is 0 Å². The number of nitrogens with two attached hydrogens (primary N) is 1. The summed E-state index contributed by atoms with van der Waals surface area (Å²) in [7, 11) is 0. The Balaban J connectivity index is -0.000000105. The molecule has 0 heterocycles. The van der Waals surface area contributed by atoms with Crippen LogP contribution in [-0.4, -0.2) is 6.54 Å². The minimum atomic E-state index is 0.815. The number of hydrogen-bond donors (Lipinski definition) is 2. The molecule has 316 valence electrons. The molecule has 0 bridgehead atoms. The summed E-state index contributed by atoms with van der Waals surface area (Å²) in [4.78, 5) is 0. The van der Waals surface area contributed by atoms with Crippen LogP contribution in [0.4, 0.5) is 0 Å². The number of hydrogen-bond acceptors (Lipinski definition) is 2. The summed E-state index contributed by atoms with van der Waals surface area (Å²) in [6, 6.07) is 6.28. The van der Waals surface area contributed by atoms with Crippen LogP contribution in [0.1, 0.15) is 199 Å². The standard InChI is InChI=1S/C16H24N2.C10H16.C7H14.C6H10.C4H10.C3H6.3C2H6/c1-5-7-10-18-13(4)14-9-8-12(3)15(11-14)16(17)6-2;1-5-7-8-10(4)9(3)6-2;1-4-5-6-7(2)3;1-5(2)6-3-4-6;1-3-4-2;1-3-2;3*1-2/h6,8-9,11,18H,4-5,7,10,17H2,1-3H3;5,7-8H,3,6H2,1-2,4H3;2,4-6H2,1,3H3;6H,1,3-4H2,2H3;3-4H2,1-2H3;3H,1H2,2H3;3*1-2H3/b16-6-;7-5-,10-8-;;;;;;;. The van der Waals surface area contributed by atoms with E-state index in [4.69, 9.17) is 5.73 Å². The zero-order valence-corrected chi connectivity index (χ0v) is 40.1. The molecule has 0 saturated heterocycles. The van der Waals surface area contributed by atoms with E-state index in [1.807, 2.05) is 80.5 Å². The molecule has 1 aliphatic rings. The highest BCUT2D eigenvalue weighted by Crippen LogP contribution is 2.34. The van der Waals surface area contributed by atoms with Crippen molar-refractivity contribution in [3.63, 3.8) is 0 Å². The Hall–Kier alpha value is -3.26. The van der Waals surface area contributed by atoms with Gasteiger partial charge in [-0.05, 0) is 116 Å². The number of rotatable bonds is 14. The Bertz CT molecular complexity index is 1090. The van der Waals surface area contributed by atoms with Crippen LogP contribution in [0.5, 0.6) is 0 Å². The molecule has 2 heteroatoms. The van der Waals surface area contributed by atoms with Crippen LogP contribution in [0.15, 0.2) is 104 Å². The Kier molecular flexibility index (Phi) is 65.7. The molecule has 54 heavy (non-hydrogen) atoms. The van der Waals surface area contributed by atoms with E-state index in [0.717, 1.165) is 47.8 Å². The highest BCUT2D eigenvalue weighted by molar-refractivity contribution is 5.71. The quantitative estimate of drug-likeness (QED) is 0.113. The molecule has 1 fully saturated rings. The van der Waals surface area contributed by atoms with E-state index in [1.54, 1.807) is 6.08 Å². The van der Waals surface area contributed by atoms with Crippen molar-refractivity contribution >= 4 is 11.4 Å². The van der Waals surface area contributed by atoms with Gasteiger partial charge in [0, 0.05) is 23.5 Å². The first-order valence-electron chi connectivity index (χ1n) is 21.5. The van der Waals surface area contributed by atoms with Crippen LogP contribution in [0, 0.1) is 12.8 Å². The molecule has 0 amide bonds. The van der Waals surface area contributed by atoms with Crippen molar-refractivity contribution in [2.75, 3.05) is 6.54 Å². The summed E-state index contributed by atoms with van der Waals surface area (Å²) in [6.45, 7) is 57.0. The van der Waals surface area contributed by atoms with Gasteiger partial charge in [-0.1, -0.05) is 181 Å². The van der Waals surface area contributed by atoms with E-state index in [-0.39, 0.29) is 0 Å². The fraction of sp³-hybridized carbons (Fsp3) is 0.577. The Morgan fingerprint density at radius 3 is 1.57 bits per heavy atom. The summed E-state index contributed by atoms with van der Waals surface area (Å²) in [6.07, 6.45) is 22.4. The normalized spacial score (nSPS) is 10.7. The van der Waals surface area contributed by atoms with Crippen LogP contribution >= 0.6 is 0 Å². The van der Waals surface area contributed by atoms with Crippen molar-refractivity contribution in [2.24, 2.45) is 11.7 Å². The van der Waals surface area contributed by atoms with E-state index in [2.05, 4.69) is 125 Å². The number of nitrogens with one attached hydrogen (secondary N) is 1. The van der Waals surface area contributed by atoms with E-state index >= 15 is 0 Å². The Morgan fingerprint density at radius 1 is 0.796 bits per heavy atom. The lowest BCUT2D eigenvalue weighted by atomic mass is 10.0. The van der Waals surface area contributed by atoms with Gasteiger partial charge in [0.15, 0.2) is 0 Å². The molecular formula is C52H98N2. The predicted octanol–water partition coefficient (Wildman–Crippen LogP) is 18.0. The topological polar surface area (TPSA) is 38.0 Å². The van der Waals surface area contributed by atoms with Crippen molar-refractivity contribution in [3.8, 4) is 0 Å². The summed E-state index contributed by atoms with van der Waals surface area (Å²) < 4.78 is 0. The third-order valence-electron chi connectivity index (χ3n) is 7.33. The molecule has 0 unspecified atom stereocenters. The molecule has 0 spiro atoms. The van der Waals surface area contributed by atoms with Gasteiger partial charge in [-0.25, -0.2) is 0 Å². The molecule has 0 aliphatic heterocycles. The number of aryl methyl sites for hydroxylation is 1. The molecular weight excluding hydrogens is 653 g/mol. The highest BCUT2D eigenvalue weighted by atomic mass is 14.9. The minimum Gasteiger partial charge on any atom is -0.399 e. The molecule has 2 rings (SSSR count). The molecule has 1 saturated carbocycles. The third kappa shape index (κ3) is 50.8. The first-order valence-corrected chi connectivity index (χ1v) is 21.5. The fourth-order valence-corrected chi connectivity index (χ4v) is 3.49. The Labute approximate surface area is 343 Å². The number of benzene rings is 1. The van der Waals surface area contributed by atoms with E-state index in [1.165, 1.54) is 79.2 Å². The lowest BCUT2D eigenvalue weighted by molar-refractivity contribution is 0.745. The van der Waals surface area contributed by atoms with Gasteiger partial charge < -0.3 is 11.1 Å². The maximum Gasteiger partial charge on any atom is 0.0347 e. The molecule has 0 aromatic heterocycles. The largest absolute Gasteiger partial charge is 0.399 e. The van der Waals surface area contributed by atoms with Crippen LogP contribution in [0.3, 0.4) is 0 Å². The molecule has 2 nitrogen and oxygen atoms in total. The number of unbranched alkanes of at least 4 members (excludes halogenated alkanes) is 3. The van der Waals surface area contributed by atoms with E-state index in [9.17, 15) is 0 Å². The van der Waals surface area contributed by atoms with Gasteiger partial charge in [-0.15, -0.1) is 13.2 Å². The van der Waals surface area contributed by atoms with Crippen LogP contribution in [0.25, 0.3) is 11.4 Å². The fourth-order valence-electron chi connectivity index (χ4n) is 3.49. The molecule has 0 radical (unpaired) electrons. The van der Waals surface area contributed by atoms with Gasteiger partial charge in [-0.2, -0.15) is 0 Å². The Morgan fingerprint density at radius 2 is 1.28 bits per heavy atom. The second-order valence-electron chi connectivity index (χ2n) is 12.5. The zero-order valence-electron chi connectivity index (χ0n) is 40.1. The summed E-state index contributed by atoms with van der Waals surface area (Å²) in [5, 5.41) is 3.35. The average molecular weight is 751 g/mol. The van der Waals surface area contributed by atoms with Gasteiger partial charge in [0.25, 0.3) is 0 Å². The van der Waals surface area contributed by atoms with Crippen molar-refractivity contribution in [1.29, 1.82) is 0 Å². The van der Waals surface area contributed by atoms with E-state index < -0.39 is 0 Å². The van der Waals surface area contributed by atoms with Crippen molar-refractivity contribution in [2.45, 2.75) is 189 Å². The minimum absolute atomic E-state index is 0.815. The van der Waals surface area contributed by atoms with Crippen molar-refractivity contribution < 1.29 is 0 Å². The summed E-state index contributed by atoms with van der Waals surface area (Å²) in [5.74, 6) is 0.907. The van der Waals surface area contributed by atoms with Crippen molar-refractivity contribution in [3.05, 3.63) is 120 Å². The third-order valence-corrected chi connectivity index (χ3v) is 7.33. The lowest BCUT2D eigenvalue weighted by Crippen LogP contribution is -2.13. The summed E-state index contributed by atoms with van der Waals surface area (Å²) in [5.41, 5.74) is 16.3. The predicted molar refractivity (Wildman–Crippen MR) is 261 cm³/mol. The molecule has 3 N–H and O–H groups in total. The van der Waals surface area contributed by atoms with Crippen molar-refractivity contribution in [1.82, 2.24) is 5.32 Å². The maximum atomic E-state index is 6.00. The smallest absolute Gasteiger partial charge is 0.0347 e. The SMILES string of the molecule is C=C(C)C1CC1.C=C(C)CCCC.C=C(CC)/C(C)=C\C=C/C.C=C(NCCCC)c1ccc(C)c(/C(N)=C/C)c1.C=CC.CC.CC.CC.CCCC. The second-order valence-corrected chi connectivity index (χ2v) is 12.5. The highest BCUT2D eigenvalue weighted by Gasteiger charge is 2.20. The van der Waals surface area contributed by atoms with Gasteiger partial charge in [0.1, 0.15) is 0 Å². The van der Waals surface area contributed by atoms with Crippen LogP contribution in [0.2, 0.25) is 0 Å². The van der Waals surface area contributed by atoms with Gasteiger partial charge in [0.05, 0.1) is 0 Å². The molecule has 1 aliphatic carbocycles. The summed E-state index contributed by atoms with van der Waals surface area (Å²) >= 11 is 0. The first kappa shape index (κ1) is 65.6. The van der Waals surface area contributed by atoms with Gasteiger partial charge >= 0.3 is 0 Å². The van der Waals surface area contributed by atoms with E-state index in [0.29, 0.717) is 0 Å². The average Bonchev–Trinajstić information content (AvgIpc) is 4.06. The molecule has 1 aromatic carbocycles. The van der Waals surface area contributed by atoms with Gasteiger partial charge in [0.2, 0.25) is 0 Å². The molecule has 0 atom stereocenters. The molecule has 1 aromatic rings. The monoisotopic (exact) mass is 751 g/mol. The van der Waals surface area contributed by atoms with Crippen LogP contribution in [-0.2, 0) is 0 Å². The first-order chi connectivity index (χ1) is 25.7. The second kappa shape index (κ2) is 54.1. The lowest BCUT2D eigenvalue weighted by Gasteiger charge is -2.13. The zero-order chi connectivity index (χ0) is 43.9. The van der Waals surface area contributed by atoms with Crippen LogP contribution < -0.4 is 11.1 Å².